The zero-order chi connectivity index (χ0) is 11.9. The third-order valence-electron chi connectivity index (χ3n) is 3.45. The molecule has 0 bridgehead atoms. The second-order valence-electron chi connectivity index (χ2n) is 6.06. The Morgan fingerprint density at radius 1 is 1.40 bits per heavy atom. The van der Waals surface area contributed by atoms with Gasteiger partial charge in [0.05, 0.1) is 6.10 Å². The van der Waals surface area contributed by atoms with Crippen LogP contribution in [0, 0.1) is 10.8 Å². The number of hydrogen-bond acceptors (Lipinski definition) is 2. The molecule has 1 fully saturated rings. The Morgan fingerprint density at radius 3 is 2.27 bits per heavy atom. The van der Waals surface area contributed by atoms with Crippen LogP contribution in [0.1, 0.15) is 41.0 Å². The van der Waals surface area contributed by atoms with Crippen LogP contribution in [0.15, 0.2) is 0 Å². The predicted octanol–water partition coefficient (Wildman–Crippen LogP) is 1.96. The van der Waals surface area contributed by atoms with Crippen molar-refractivity contribution in [3.8, 4) is 0 Å². The monoisotopic (exact) mass is 213 g/mol. The van der Waals surface area contributed by atoms with Crippen molar-refractivity contribution in [3.63, 3.8) is 0 Å². The maximum atomic E-state index is 11.8. The molecule has 15 heavy (non-hydrogen) atoms. The highest BCUT2D eigenvalue weighted by atomic mass is 16.5. The fourth-order valence-electron chi connectivity index (χ4n) is 1.91. The summed E-state index contributed by atoms with van der Waals surface area (Å²) in [4.78, 5) is 11.8. The van der Waals surface area contributed by atoms with Crippen molar-refractivity contribution in [2.45, 2.75) is 53.2 Å². The Morgan fingerprint density at radius 2 is 1.93 bits per heavy atom. The van der Waals surface area contributed by atoms with Gasteiger partial charge in [0.2, 0.25) is 5.91 Å². The second-order valence-corrected chi connectivity index (χ2v) is 6.06. The molecule has 1 saturated carbocycles. The van der Waals surface area contributed by atoms with Crippen LogP contribution in [-0.2, 0) is 9.53 Å². The fourth-order valence-corrected chi connectivity index (χ4v) is 1.91. The van der Waals surface area contributed by atoms with Crippen LogP contribution < -0.4 is 5.32 Å². The first-order valence-corrected chi connectivity index (χ1v) is 5.53. The summed E-state index contributed by atoms with van der Waals surface area (Å²) >= 11 is 0. The standard InChI is InChI=1S/C12H23NO2/c1-11(2,3)10(14)13-8-7-9(15-6)12(8,4)5/h8-9H,7H2,1-6H3,(H,13,14). The van der Waals surface area contributed by atoms with Crippen molar-refractivity contribution in [1.82, 2.24) is 5.32 Å². The van der Waals surface area contributed by atoms with E-state index < -0.39 is 0 Å². The maximum Gasteiger partial charge on any atom is 0.225 e. The first-order valence-electron chi connectivity index (χ1n) is 5.53. The number of hydrogen-bond donors (Lipinski definition) is 1. The number of carbonyl (C=O) groups is 1. The second kappa shape index (κ2) is 3.78. The maximum absolute atomic E-state index is 11.8. The highest BCUT2D eigenvalue weighted by Gasteiger charge is 2.49. The van der Waals surface area contributed by atoms with Crippen LogP contribution in [0.5, 0.6) is 0 Å². The van der Waals surface area contributed by atoms with Crippen LogP contribution in [0.4, 0.5) is 0 Å². The third kappa shape index (κ3) is 2.33. The molecule has 0 aromatic heterocycles. The Balaban J connectivity index is 2.53. The van der Waals surface area contributed by atoms with Crippen molar-refractivity contribution in [1.29, 1.82) is 0 Å². The molecule has 0 radical (unpaired) electrons. The van der Waals surface area contributed by atoms with Crippen molar-refractivity contribution < 1.29 is 9.53 Å². The van der Waals surface area contributed by atoms with Gasteiger partial charge < -0.3 is 10.1 Å². The van der Waals surface area contributed by atoms with Gasteiger partial charge in [0.1, 0.15) is 0 Å². The Labute approximate surface area is 92.6 Å². The van der Waals surface area contributed by atoms with Gasteiger partial charge in [-0.3, -0.25) is 4.79 Å². The lowest BCUT2D eigenvalue weighted by Crippen LogP contribution is -2.62. The minimum absolute atomic E-state index is 0.0513. The summed E-state index contributed by atoms with van der Waals surface area (Å²) in [5.74, 6) is 0.120. The van der Waals surface area contributed by atoms with Crippen molar-refractivity contribution >= 4 is 5.91 Å². The van der Waals surface area contributed by atoms with Gasteiger partial charge in [0.25, 0.3) is 0 Å². The minimum atomic E-state index is -0.311. The predicted molar refractivity (Wildman–Crippen MR) is 60.6 cm³/mol. The molecule has 0 spiro atoms. The smallest absolute Gasteiger partial charge is 0.225 e. The molecule has 1 rings (SSSR count). The summed E-state index contributed by atoms with van der Waals surface area (Å²) in [6.45, 7) is 10.1. The van der Waals surface area contributed by atoms with Gasteiger partial charge in [-0.15, -0.1) is 0 Å². The average molecular weight is 213 g/mol. The average Bonchev–Trinajstić information content (AvgIpc) is 2.09. The molecule has 0 aliphatic heterocycles. The van der Waals surface area contributed by atoms with E-state index in [0.717, 1.165) is 6.42 Å². The van der Waals surface area contributed by atoms with E-state index in [1.54, 1.807) is 7.11 Å². The number of carbonyl (C=O) groups excluding carboxylic acids is 1. The van der Waals surface area contributed by atoms with Crippen molar-refractivity contribution in [2.24, 2.45) is 10.8 Å². The lowest BCUT2D eigenvalue weighted by Gasteiger charge is -2.51. The molecule has 1 aliphatic carbocycles. The largest absolute Gasteiger partial charge is 0.381 e. The van der Waals surface area contributed by atoms with Crippen LogP contribution in [0.2, 0.25) is 0 Å². The lowest BCUT2D eigenvalue weighted by atomic mass is 9.64. The normalized spacial score (nSPS) is 29.5. The van der Waals surface area contributed by atoms with Gasteiger partial charge in [-0.1, -0.05) is 34.6 Å². The van der Waals surface area contributed by atoms with Gasteiger partial charge in [0.15, 0.2) is 0 Å². The molecule has 1 aliphatic rings. The third-order valence-corrected chi connectivity index (χ3v) is 3.45. The number of nitrogens with one attached hydrogen (secondary N) is 1. The zero-order valence-electron chi connectivity index (χ0n) is 10.7. The highest BCUT2D eigenvalue weighted by Crippen LogP contribution is 2.42. The Bertz CT molecular complexity index is 253. The first-order chi connectivity index (χ1) is 6.69. The van der Waals surface area contributed by atoms with E-state index in [4.69, 9.17) is 4.74 Å². The molecule has 1 amide bonds. The topological polar surface area (TPSA) is 38.3 Å². The van der Waals surface area contributed by atoms with Gasteiger partial charge >= 0.3 is 0 Å². The van der Waals surface area contributed by atoms with Gasteiger partial charge in [-0.2, -0.15) is 0 Å². The van der Waals surface area contributed by atoms with E-state index in [1.807, 2.05) is 20.8 Å². The molecule has 0 saturated heterocycles. The quantitative estimate of drug-likeness (QED) is 0.761. The van der Waals surface area contributed by atoms with Gasteiger partial charge in [-0.05, 0) is 6.42 Å². The van der Waals surface area contributed by atoms with E-state index in [0.29, 0.717) is 0 Å². The van der Waals surface area contributed by atoms with Crippen LogP contribution in [0.25, 0.3) is 0 Å². The SMILES string of the molecule is COC1CC(NC(=O)C(C)(C)C)C1(C)C. The molecule has 3 heteroatoms. The fraction of sp³-hybridized carbons (Fsp3) is 0.917. The van der Waals surface area contributed by atoms with Crippen molar-refractivity contribution in [2.75, 3.05) is 7.11 Å². The summed E-state index contributed by atoms with van der Waals surface area (Å²) in [7, 11) is 1.73. The van der Waals surface area contributed by atoms with Crippen molar-refractivity contribution in [3.05, 3.63) is 0 Å². The van der Waals surface area contributed by atoms with Crippen LogP contribution in [-0.4, -0.2) is 25.2 Å². The molecular formula is C12H23NO2. The van der Waals surface area contributed by atoms with Crippen LogP contribution >= 0.6 is 0 Å². The van der Waals surface area contributed by atoms with Gasteiger partial charge in [0, 0.05) is 24.0 Å². The number of amides is 1. The lowest BCUT2D eigenvalue weighted by molar-refractivity contribution is -0.139. The highest BCUT2D eigenvalue weighted by molar-refractivity contribution is 5.81. The van der Waals surface area contributed by atoms with E-state index in [1.165, 1.54) is 0 Å². The van der Waals surface area contributed by atoms with E-state index in [2.05, 4.69) is 19.2 Å². The van der Waals surface area contributed by atoms with E-state index in [9.17, 15) is 4.79 Å². The molecule has 2 atom stereocenters. The first kappa shape index (κ1) is 12.5. The molecule has 0 aromatic carbocycles. The molecular weight excluding hydrogens is 190 g/mol. The van der Waals surface area contributed by atoms with Crippen LogP contribution in [0.3, 0.4) is 0 Å². The molecule has 0 aromatic rings. The summed E-state index contributed by atoms with van der Waals surface area (Å²) < 4.78 is 5.35. The Hall–Kier alpha value is -0.570. The number of methoxy groups -OCH3 is 1. The zero-order valence-corrected chi connectivity index (χ0v) is 10.7. The molecule has 88 valence electrons. The molecule has 2 unspecified atom stereocenters. The number of rotatable bonds is 2. The van der Waals surface area contributed by atoms with E-state index >= 15 is 0 Å². The van der Waals surface area contributed by atoms with Gasteiger partial charge in [-0.25, -0.2) is 0 Å². The summed E-state index contributed by atoms with van der Waals surface area (Å²) in [6.07, 6.45) is 1.19. The summed E-state index contributed by atoms with van der Waals surface area (Å²) in [6, 6.07) is 0.245. The molecule has 0 heterocycles. The summed E-state index contributed by atoms with van der Waals surface area (Å²) in [5.41, 5.74) is -0.260. The Kier molecular flexibility index (Phi) is 3.15. The summed E-state index contributed by atoms with van der Waals surface area (Å²) in [5, 5.41) is 3.09. The molecule has 1 N–H and O–H groups in total. The molecule has 3 nitrogen and oxygen atoms in total. The van der Waals surface area contributed by atoms with E-state index in [-0.39, 0.29) is 28.9 Å². The minimum Gasteiger partial charge on any atom is -0.381 e. The number of ether oxygens (including phenoxy) is 1.